The molecule has 0 spiro atoms. The summed E-state index contributed by atoms with van der Waals surface area (Å²) in [5.41, 5.74) is 0. The summed E-state index contributed by atoms with van der Waals surface area (Å²) in [5.74, 6) is 1.11. The highest BCUT2D eigenvalue weighted by molar-refractivity contribution is 8.14. The zero-order valence-electron chi connectivity index (χ0n) is 8.95. The molecular weight excluding hydrogens is 216 g/mol. The maximum atomic E-state index is 11.1. The average Bonchev–Trinajstić information content (AvgIpc) is 2.61. The molecule has 0 saturated carbocycles. The van der Waals surface area contributed by atoms with Gasteiger partial charge in [-0.1, -0.05) is 18.7 Å². The van der Waals surface area contributed by atoms with Crippen LogP contribution in [-0.4, -0.2) is 39.2 Å². The molecule has 0 aromatic heterocycles. The van der Waals surface area contributed by atoms with Crippen LogP contribution in [0.3, 0.4) is 0 Å². The highest BCUT2D eigenvalue weighted by Gasteiger charge is 2.18. The van der Waals surface area contributed by atoms with Crippen LogP contribution in [0, 0.1) is 0 Å². The SMILES string of the molecule is CCC1CSC(=NCC(C)S(C)=O)N1. The van der Waals surface area contributed by atoms with E-state index in [1.54, 1.807) is 18.0 Å². The molecule has 82 valence electrons. The molecule has 1 N–H and O–H groups in total. The third-order valence-corrected chi connectivity index (χ3v) is 4.67. The third-order valence-electron chi connectivity index (χ3n) is 2.30. The van der Waals surface area contributed by atoms with Crippen LogP contribution < -0.4 is 5.32 Å². The van der Waals surface area contributed by atoms with E-state index in [0.29, 0.717) is 12.6 Å². The van der Waals surface area contributed by atoms with Crippen LogP contribution in [0.25, 0.3) is 0 Å². The van der Waals surface area contributed by atoms with E-state index in [9.17, 15) is 4.21 Å². The van der Waals surface area contributed by atoms with Crippen molar-refractivity contribution in [2.75, 3.05) is 18.6 Å². The van der Waals surface area contributed by atoms with E-state index < -0.39 is 10.8 Å². The van der Waals surface area contributed by atoms with Gasteiger partial charge in [-0.15, -0.1) is 0 Å². The molecule has 5 heteroatoms. The number of amidine groups is 1. The van der Waals surface area contributed by atoms with E-state index in [0.717, 1.165) is 17.3 Å². The quantitative estimate of drug-likeness (QED) is 0.795. The zero-order valence-corrected chi connectivity index (χ0v) is 10.6. The first-order valence-corrected chi connectivity index (χ1v) is 7.50. The summed E-state index contributed by atoms with van der Waals surface area (Å²) < 4.78 is 11.1. The Kier molecular flexibility index (Phi) is 4.95. The van der Waals surface area contributed by atoms with Crippen molar-refractivity contribution in [2.24, 2.45) is 4.99 Å². The zero-order chi connectivity index (χ0) is 10.6. The van der Waals surface area contributed by atoms with Crippen molar-refractivity contribution in [1.29, 1.82) is 0 Å². The van der Waals surface area contributed by atoms with E-state index in [1.165, 1.54) is 0 Å². The van der Waals surface area contributed by atoms with E-state index >= 15 is 0 Å². The Bertz CT molecular complexity index is 243. The summed E-state index contributed by atoms with van der Waals surface area (Å²) >= 11 is 1.77. The summed E-state index contributed by atoms with van der Waals surface area (Å²) in [6, 6.07) is 0.571. The van der Waals surface area contributed by atoms with Crippen LogP contribution in [0.1, 0.15) is 20.3 Å². The van der Waals surface area contributed by atoms with Crippen LogP contribution in [0.5, 0.6) is 0 Å². The standard InChI is InChI=1S/C9H18N2OS2/c1-4-8-6-13-9(11-8)10-5-7(2)14(3)12/h7-8H,4-6H2,1-3H3,(H,10,11). The van der Waals surface area contributed by atoms with Crippen molar-refractivity contribution in [3.63, 3.8) is 0 Å². The van der Waals surface area contributed by atoms with Crippen molar-refractivity contribution in [1.82, 2.24) is 5.32 Å². The van der Waals surface area contributed by atoms with Gasteiger partial charge in [0.05, 0.1) is 11.8 Å². The minimum Gasteiger partial charge on any atom is -0.361 e. The molecule has 0 aliphatic carbocycles. The Morgan fingerprint density at radius 2 is 2.50 bits per heavy atom. The number of hydrogen-bond donors (Lipinski definition) is 1. The maximum Gasteiger partial charge on any atom is 0.156 e. The van der Waals surface area contributed by atoms with Gasteiger partial charge >= 0.3 is 0 Å². The van der Waals surface area contributed by atoms with Gasteiger partial charge in [0.1, 0.15) is 0 Å². The normalized spacial score (nSPS) is 28.8. The Balaban J connectivity index is 2.35. The summed E-state index contributed by atoms with van der Waals surface area (Å²) in [6.07, 6.45) is 2.87. The molecule has 0 radical (unpaired) electrons. The third kappa shape index (κ3) is 3.61. The fourth-order valence-electron chi connectivity index (χ4n) is 1.07. The lowest BCUT2D eigenvalue weighted by atomic mass is 10.3. The summed E-state index contributed by atoms with van der Waals surface area (Å²) in [6.45, 7) is 4.80. The topological polar surface area (TPSA) is 41.5 Å². The van der Waals surface area contributed by atoms with Crippen LogP contribution in [0.15, 0.2) is 4.99 Å². The molecule has 1 saturated heterocycles. The lowest BCUT2D eigenvalue weighted by molar-refractivity contribution is 0.665. The van der Waals surface area contributed by atoms with E-state index in [4.69, 9.17) is 0 Å². The second-order valence-electron chi connectivity index (χ2n) is 3.52. The molecule has 0 amide bonds. The Morgan fingerprint density at radius 1 is 1.79 bits per heavy atom. The van der Waals surface area contributed by atoms with Gasteiger partial charge in [-0.25, -0.2) is 0 Å². The molecule has 0 aromatic rings. The molecule has 1 fully saturated rings. The first-order valence-electron chi connectivity index (χ1n) is 4.89. The van der Waals surface area contributed by atoms with Crippen LogP contribution >= 0.6 is 11.8 Å². The van der Waals surface area contributed by atoms with Gasteiger partial charge in [0.2, 0.25) is 0 Å². The Hall–Kier alpha value is -0.0300. The molecule has 3 atom stereocenters. The van der Waals surface area contributed by atoms with E-state index in [1.807, 2.05) is 6.92 Å². The number of nitrogens with zero attached hydrogens (tertiary/aromatic N) is 1. The van der Waals surface area contributed by atoms with Gasteiger partial charge < -0.3 is 5.32 Å². The smallest absolute Gasteiger partial charge is 0.156 e. The highest BCUT2D eigenvalue weighted by atomic mass is 32.2. The van der Waals surface area contributed by atoms with Gasteiger partial charge in [-0.05, 0) is 13.3 Å². The van der Waals surface area contributed by atoms with E-state index in [2.05, 4.69) is 17.2 Å². The van der Waals surface area contributed by atoms with Gasteiger partial charge in [-0.3, -0.25) is 9.20 Å². The number of hydrogen-bond acceptors (Lipinski definition) is 3. The number of thioether (sulfide) groups is 1. The van der Waals surface area contributed by atoms with E-state index in [-0.39, 0.29) is 5.25 Å². The number of nitrogens with one attached hydrogen (secondary N) is 1. The minimum absolute atomic E-state index is 0.158. The second-order valence-corrected chi connectivity index (χ2v) is 6.33. The average molecular weight is 234 g/mol. The predicted molar refractivity (Wildman–Crippen MR) is 65.5 cm³/mol. The van der Waals surface area contributed by atoms with Crippen LogP contribution in [-0.2, 0) is 10.8 Å². The maximum absolute atomic E-state index is 11.1. The summed E-state index contributed by atoms with van der Waals surface area (Å²) in [4.78, 5) is 4.42. The van der Waals surface area contributed by atoms with Crippen molar-refractivity contribution in [2.45, 2.75) is 31.6 Å². The predicted octanol–water partition coefficient (Wildman–Crippen LogP) is 1.22. The Labute approximate surface area is 92.6 Å². The molecule has 3 nitrogen and oxygen atoms in total. The van der Waals surface area contributed by atoms with Crippen LogP contribution in [0.2, 0.25) is 0 Å². The lowest BCUT2D eigenvalue weighted by Crippen LogP contribution is -2.26. The molecule has 3 unspecified atom stereocenters. The highest BCUT2D eigenvalue weighted by Crippen LogP contribution is 2.15. The molecule has 0 aromatic carbocycles. The lowest BCUT2D eigenvalue weighted by Gasteiger charge is -2.06. The first kappa shape index (κ1) is 12.0. The van der Waals surface area contributed by atoms with Crippen molar-refractivity contribution in [3.8, 4) is 0 Å². The largest absolute Gasteiger partial charge is 0.361 e. The van der Waals surface area contributed by atoms with Crippen molar-refractivity contribution >= 4 is 27.7 Å². The molecule has 14 heavy (non-hydrogen) atoms. The van der Waals surface area contributed by atoms with Gasteiger partial charge in [0, 0.05) is 28.9 Å². The minimum atomic E-state index is -0.765. The summed E-state index contributed by atoms with van der Waals surface area (Å²) in [5, 5.41) is 4.53. The van der Waals surface area contributed by atoms with Gasteiger partial charge in [0.15, 0.2) is 5.17 Å². The number of aliphatic imine (C=N–C) groups is 1. The monoisotopic (exact) mass is 234 g/mol. The molecular formula is C9H18N2OS2. The number of rotatable bonds is 4. The fourth-order valence-corrected chi connectivity index (χ4v) is 2.44. The molecule has 1 heterocycles. The van der Waals surface area contributed by atoms with Crippen LogP contribution in [0.4, 0.5) is 0 Å². The van der Waals surface area contributed by atoms with Gasteiger partial charge in [0.25, 0.3) is 0 Å². The molecule has 1 rings (SSSR count). The van der Waals surface area contributed by atoms with Crippen molar-refractivity contribution < 1.29 is 4.21 Å². The molecule has 1 aliphatic heterocycles. The van der Waals surface area contributed by atoms with Crippen molar-refractivity contribution in [3.05, 3.63) is 0 Å². The molecule has 1 aliphatic rings. The summed E-state index contributed by atoms with van der Waals surface area (Å²) in [7, 11) is -0.765. The Morgan fingerprint density at radius 3 is 3.00 bits per heavy atom. The first-order chi connectivity index (χ1) is 6.63. The van der Waals surface area contributed by atoms with Gasteiger partial charge in [-0.2, -0.15) is 0 Å². The molecule has 0 bridgehead atoms. The second kappa shape index (κ2) is 5.75. The fraction of sp³-hybridized carbons (Fsp3) is 0.889.